The van der Waals surface area contributed by atoms with Crippen LogP contribution in [0.4, 0.5) is 11.8 Å². The van der Waals surface area contributed by atoms with Gasteiger partial charge < -0.3 is 19.9 Å². The summed E-state index contributed by atoms with van der Waals surface area (Å²) in [6, 6.07) is 9.36. The van der Waals surface area contributed by atoms with Crippen LogP contribution >= 0.6 is 0 Å². The lowest BCUT2D eigenvalue weighted by molar-refractivity contribution is -0.132. The molecule has 0 saturated carbocycles. The number of imidazole rings is 1. The van der Waals surface area contributed by atoms with Crippen LogP contribution in [0, 0.1) is 5.92 Å². The van der Waals surface area contributed by atoms with Gasteiger partial charge in [0.1, 0.15) is 5.60 Å². The molecule has 178 valence electrons. The number of nitrogens with one attached hydrogen (secondary N) is 1. The van der Waals surface area contributed by atoms with Crippen molar-refractivity contribution in [1.82, 2.24) is 14.5 Å². The summed E-state index contributed by atoms with van der Waals surface area (Å²) in [4.78, 5) is 46.1. The van der Waals surface area contributed by atoms with Crippen LogP contribution in [0.25, 0.3) is 5.69 Å². The van der Waals surface area contributed by atoms with Gasteiger partial charge in [0.05, 0.1) is 0 Å². The van der Waals surface area contributed by atoms with E-state index in [4.69, 9.17) is 4.74 Å². The Morgan fingerprint density at radius 1 is 1.09 bits per heavy atom. The van der Waals surface area contributed by atoms with Gasteiger partial charge in [-0.1, -0.05) is 18.2 Å². The summed E-state index contributed by atoms with van der Waals surface area (Å²) in [5.74, 6) is -0.394. The van der Waals surface area contributed by atoms with Gasteiger partial charge in [-0.3, -0.25) is 14.2 Å². The van der Waals surface area contributed by atoms with E-state index in [1.807, 2.05) is 44.4 Å². The van der Waals surface area contributed by atoms with Crippen molar-refractivity contribution < 1.29 is 19.1 Å². The molecule has 1 aliphatic rings. The minimum atomic E-state index is -0.720. The zero-order valence-electron chi connectivity index (χ0n) is 20.2. The van der Waals surface area contributed by atoms with Crippen molar-refractivity contribution in [3.05, 3.63) is 36.0 Å². The van der Waals surface area contributed by atoms with Crippen LogP contribution in [0.2, 0.25) is 0 Å². The third kappa shape index (κ3) is 5.71. The highest BCUT2D eigenvalue weighted by molar-refractivity contribution is 6.01. The summed E-state index contributed by atoms with van der Waals surface area (Å²) < 4.78 is 7.37. The first-order chi connectivity index (χ1) is 15.5. The second-order valence-electron chi connectivity index (χ2n) is 9.45. The molecule has 0 spiro atoms. The summed E-state index contributed by atoms with van der Waals surface area (Å²) >= 11 is 0. The Bertz CT molecular complexity index is 1020. The molecule has 0 radical (unpaired) electrons. The number of para-hydroxylation sites is 1. The fourth-order valence-corrected chi connectivity index (χ4v) is 3.81. The molecule has 3 rings (SSSR count). The van der Waals surface area contributed by atoms with Crippen LogP contribution in [0.3, 0.4) is 0 Å². The van der Waals surface area contributed by atoms with Crippen LogP contribution in [0.1, 0.15) is 51.0 Å². The first-order valence-electron chi connectivity index (χ1n) is 11.1. The standard InChI is InChI=1S/C24H33N5O4/c1-16(30)28-14-12-17(13-15-28)21(31)25-20-19(22(32)33-24(2,3)4)29(23(26-20)27(5)6)18-10-8-7-9-11-18/h7-11,17H,12-15H2,1-6H3,(H,25,31). The highest BCUT2D eigenvalue weighted by atomic mass is 16.6. The van der Waals surface area contributed by atoms with Gasteiger partial charge in [0, 0.05) is 45.7 Å². The van der Waals surface area contributed by atoms with Gasteiger partial charge in [-0.15, -0.1) is 0 Å². The van der Waals surface area contributed by atoms with Gasteiger partial charge in [-0.05, 0) is 45.7 Å². The lowest BCUT2D eigenvalue weighted by atomic mass is 9.96. The van der Waals surface area contributed by atoms with Crippen LogP contribution in [0.5, 0.6) is 0 Å². The van der Waals surface area contributed by atoms with Crippen molar-refractivity contribution in [2.75, 3.05) is 37.4 Å². The van der Waals surface area contributed by atoms with Crippen LogP contribution < -0.4 is 10.2 Å². The smallest absolute Gasteiger partial charge is 0.359 e. The first-order valence-corrected chi connectivity index (χ1v) is 11.1. The fourth-order valence-electron chi connectivity index (χ4n) is 3.81. The molecule has 2 aromatic rings. The van der Waals surface area contributed by atoms with Crippen molar-refractivity contribution >= 4 is 29.5 Å². The number of ether oxygens (including phenoxy) is 1. The van der Waals surface area contributed by atoms with E-state index in [0.29, 0.717) is 31.9 Å². The molecule has 1 aliphatic heterocycles. The summed E-state index contributed by atoms with van der Waals surface area (Å²) in [7, 11) is 3.65. The van der Waals surface area contributed by atoms with Gasteiger partial charge >= 0.3 is 5.97 Å². The number of carbonyl (C=O) groups is 3. The second kappa shape index (κ2) is 9.64. The zero-order chi connectivity index (χ0) is 24.3. The number of benzene rings is 1. The van der Waals surface area contributed by atoms with E-state index >= 15 is 0 Å². The first kappa shape index (κ1) is 24.3. The highest BCUT2D eigenvalue weighted by Gasteiger charge is 2.32. The van der Waals surface area contributed by atoms with Gasteiger partial charge in [-0.2, -0.15) is 4.98 Å². The lowest BCUT2D eigenvalue weighted by Gasteiger charge is -2.30. The molecule has 1 fully saturated rings. The minimum Gasteiger partial charge on any atom is -0.455 e. The molecule has 9 heteroatoms. The average Bonchev–Trinajstić information content (AvgIpc) is 3.13. The molecule has 0 unspecified atom stereocenters. The maximum Gasteiger partial charge on any atom is 0.359 e. The van der Waals surface area contributed by atoms with E-state index in [9.17, 15) is 14.4 Å². The molecule has 33 heavy (non-hydrogen) atoms. The number of nitrogens with zero attached hydrogens (tertiary/aromatic N) is 4. The Balaban J connectivity index is 1.99. The zero-order valence-corrected chi connectivity index (χ0v) is 20.2. The summed E-state index contributed by atoms with van der Waals surface area (Å²) in [5.41, 5.74) is 0.168. The second-order valence-corrected chi connectivity index (χ2v) is 9.45. The van der Waals surface area contributed by atoms with Gasteiger partial charge in [-0.25, -0.2) is 4.79 Å². The molecule has 2 amide bonds. The maximum absolute atomic E-state index is 13.3. The lowest BCUT2D eigenvalue weighted by Crippen LogP contribution is -2.40. The van der Waals surface area contributed by atoms with Crippen LogP contribution in [-0.4, -0.2) is 65.0 Å². The van der Waals surface area contributed by atoms with Crippen molar-refractivity contribution in [2.45, 2.75) is 46.1 Å². The minimum absolute atomic E-state index is 0.0123. The molecule has 1 aromatic carbocycles. The predicted octanol–water partition coefficient (Wildman–Crippen LogP) is 3.09. The molecular formula is C24H33N5O4. The number of amides is 2. The number of hydrogen-bond donors (Lipinski definition) is 1. The molecule has 0 bridgehead atoms. The molecular weight excluding hydrogens is 422 g/mol. The Hall–Kier alpha value is -3.36. The SMILES string of the molecule is CC(=O)N1CCC(C(=O)Nc2nc(N(C)C)n(-c3ccccc3)c2C(=O)OC(C)(C)C)CC1. The van der Waals surface area contributed by atoms with E-state index in [1.54, 1.807) is 35.1 Å². The fraction of sp³-hybridized carbons (Fsp3) is 0.500. The summed E-state index contributed by atoms with van der Waals surface area (Å²) in [5, 5.41) is 2.87. The monoisotopic (exact) mass is 455 g/mol. The van der Waals surface area contributed by atoms with E-state index in [2.05, 4.69) is 10.3 Å². The Kier molecular flexibility index (Phi) is 7.09. The van der Waals surface area contributed by atoms with Gasteiger partial charge in [0.2, 0.25) is 17.8 Å². The van der Waals surface area contributed by atoms with E-state index in [0.717, 1.165) is 5.69 Å². The van der Waals surface area contributed by atoms with Crippen molar-refractivity contribution in [1.29, 1.82) is 0 Å². The van der Waals surface area contributed by atoms with Crippen molar-refractivity contribution in [3.63, 3.8) is 0 Å². The molecule has 9 nitrogen and oxygen atoms in total. The molecule has 1 N–H and O–H groups in total. The number of rotatable bonds is 5. The molecule has 0 aliphatic carbocycles. The largest absolute Gasteiger partial charge is 0.455 e. The summed E-state index contributed by atoms with van der Waals surface area (Å²) in [6.45, 7) is 7.99. The quantitative estimate of drug-likeness (QED) is 0.696. The van der Waals surface area contributed by atoms with Gasteiger partial charge in [0.15, 0.2) is 11.5 Å². The topological polar surface area (TPSA) is 96.8 Å². The molecule has 1 aromatic heterocycles. The summed E-state index contributed by atoms with van der Waals surface area (Å²) in [6.07, 6.45) is 1.13. The van der Waals surface area contributed by atoms with E-state index in [-0.39, 0.29) is 29.2 Å². The van der Waals surface area contributed by atoms with Crippen molar-refractivity contribution in [3.8, 4) is 5.69 Å². The Labute approximate surface area is 194 Å². The highest BCUT2D eigenvalue weighted by Crippen LogP contribution is 2.30. The number of aromatic nitrogens is 2. The molecule has 0 atom stereocenters. The number of carbonyl (C=O) groups excluding carboxylic acids is 3. The molecule has 1 saturated heterocycles. The number of piperidine rings is 1. The maximum atomic E-state index is 13.3. The van der Waals surface area contributed by atoms with Crippen LogP contribution in [-0.2, 0) is 14.3 Å². The third-order valence-corrected chi connectivity index (χ3v) is 5.42. The number of likely N-dealkylation sites (tertiary alicyclic amines) is 1. The normalized spacial score (nSPS) is 14.7. The molecule has 2 heterocycles. The van der Waals surface area contributed by atoms with E-state index in [1.165, 1.54) is 6.92 Å². The number of esters is 1. The predicted molar refractivity (Wildman–Crippen MR) is 127 cm³/mol. The number of anilines is 2. The van der Waals surface area contributed by atoms with E-state index < -0.39 is 11.6 Å². The number of hydrogen-bond acceptors (Lipinski definition) is 6. The van der Waals surface area contributed by atoms with Gasteiger partial charge in [0.25, 0.3) is 0 Å². The average molecular weight is 456 g/mol. The Morgan fingerprint density at radius 3 is 2.21 bits per heavy atom. The third-order valence-electron chi connectivity index (χ3n) is 5.42. The van der Waals surface area contributed by atoms with Crippen LogP contribution in [0.15, 0.2) is 30.3 Å². The Morgan fingerprint density at radius 2 is 1.70 bits per heavy atom. The van der Waals surface area contributed by atoms with Crippen molar-refractivity contribution in [2.24, 2.45) is 5.92 Å².